The van der Waals surface area contributed by atoms with Gasteiger partial charge in [-0.1, -0.05) is 0 Å². The van der Waals surface area contributed by atoms with Crippen molar-refractivity contribution >= 4 is 32.5 Å². The maximum Gasteiger partial charge on any atom is 0.181 e. The van der Waals surface area contributed by atoms with Gasteiger partial charge in [0, 0.05) is 21.7 Å². The molecule has 3 heterocycles. The van der Waals surface area contributed by atoms with E-state index in [9.17, 15) is 0 Å². The van der Waals surface area contributed by atoms with Crippen molar-refractivity contribution in [2.75, 3.05) is 5.32 Å². The maximum absolute atomic E-state index is 5.41. The minimum Gasteiger partial charge on any atom is -0.442 e. The van der Waals surface area contributed by atoms with Gasteiger partial charge in [0.25, 0.3) is 0 Å². The minimum atomic E-state index is 0.265. The number of anilines is 1. The molecule has 6 nitrogen and oxygen atoms in total. The van der Waals surface area contributed by atoms with E-state index in [2.05, 4.69) is 59.6 Å². The van der Waals surface area contributed by atoms with Crippen LogP contribution in [0.2, 0.25) is 0 Å². The molecule has 1 fully saturated rings. The third kappa shape index (κ3) is 2.07. The standard InChI is InChI=1S/C19H14BrN5O/c20-9-3-12-11-5-13(11)19(18(12)22-6-9)23-10-1-2-15-14(4-10)17(25-24-15)16-7-21-8-26-16/h1-4,6-8,11,13,19,23H,5H2,(H,24,25). The highest BCUT2D eigenvalue weighted by atomic mass is 79.9. The highest BCUT2D eigenvalue weighted by Gasteiger charge is 2.52. The second-order valence-corrected chi connectivity index (χ2v) is 7.87. The first-order chi connectivity index (χ1) is 12.8. The lowest BCUT2D eigenvalue weighted by atomic mass is 10.1. The highest BCUT2D eigenvalue weighted by molar-refractivity contribution is 9.10. The zero-order valence-electron chi connectivity index (χ0n) is 13.6. The fourth-order valence-corrected chi connectivity index (χ4v) is 4.49. The Bertz CT molecular complexity index is 1140. The van der Waals surface area contributed by atoms with Crippen LogP contribution in [-0.4, -0.2) is 20.2 Å². The zero-order valence-corrected chi connectivity index (χ0v) is 15.2. The van der Waals surface area contributed by atoms with Crippen molar-refractivity contribution in [2.24, 2.45) is 5.92 Å². The molecule has 2 N–H and O–H groups in total. The van der Waals surface area contributed by atoms with E-state index < -0.39 is 0 Å². The number of hydrogen-bond acceptors (Lipinski definition) is 5. The Kier molecular flexibility index (Phi) is 2.88. The van der Waals surface area contributed by atoms with Crippen molar-refractivity contribution in [3.63, 3.8) is 0 Å². The van der Waals surface area contributed by atoms with E-state index >= 15 is 0 Å². The van der Waals surface area contributed by atoms with Gasteiger partial charge in [0.1, 0.15) is 5.69 Å². The number of H-pyrrole nitrogens is 1. The molecule has 0 amide bonds. The van der Waals surface area contributed by atoms with Gasteiger partial charge in [-0.05, 0) is 64.0 Å². The molecule has 128 valence electrons. The molecular weight excluding hydrogens is 394 g/mol. The first-order valence-electron chi connectivity index (χ1n) is 8.57. The fraction of sp³-hybridized carbons (Fsp3) is 0.211. The summed E-state index contributed by atoms with van der Waals surface area (Å²) in [7, 11) is 0. The molecule has 6 rings (SSSR count). The van der Waals surface area contributed by atoms with Crippen LogP contribution in [0.4, 0.5) is 5.69 Å². The van der Waals surface area contributed by atoms with Crippen molar-refractivity contribution in [2.45, 2.75) is 18.4 Å². The second kappa shape index (κ2) is 5.17. The number of nitrogens with one attached hydrogen (secondary N) is 2. The van der Waals surface area contributed by atoms with E-state index in [0.29, 0.717) is 17.6 Å². The van der Waals surface area contributed by atoms with E-state index in [1.165, 1.54) is 24.1 Å². The lowest BCUT2D eigenvalue weighted by molar-refractivity contribution is 0.570. The lowest BCUT2D eigenvalue weighted by Gasteiger charge is -2.17. The predicted molar refractivity (Wildman–Crippen MR) is 101 cm³/mol. The van der Waals surface area contributed by atoms with Crippen LogP contribution in [0.25, 0.3) is 22.4 Å². The van der Waals surface area contributed by atoms with Gasteiger partial charge in [-0.3, -0.25) is 10.1 Å². The first-order valence-corrected chi connectivity index (χ1v) is 9.36. The number of nitrogens with zero attached hydrogens (tertiary/aromatic N) is 3. The largest absolute Gasteiger partial charge is 0.442 e. The Morgan fingerprint density at radius 2 is 2.19 bits per heavy atom. The molecule has 2 aliphatic rings. The number of aromatic amines is 1. The number of hydrogen-bond donors (Lipinski definition) is 2. The molecule has 0 spiro atoms. The molecule has 1 aromatic carbocycles. The van der Waals surface area contributed by atoms with Gasteiger partial charge in [0.05, 0.1) is 23.4 Å². The van der Waals surface area contributed by atoms with Crippen molar-refractivity contribution < 1.29 is 4.42 Å². The SMILES string of the molecule is Brc1cnc2c(c1)C1CC1C2Nc1ccc2[nH]nc(-c3cnco3)c2c1. The number of pyridine rings is 1. The number of fused-ring (bicyclic) bond motifs is 4. The topological polar surface area (TPSA) is 79.6 Å². The average Bonchev–Trinajstić information content (AvgIpc) is 2.97. The molecule has 7 heteroatoms. The molecule has 0 saturated heterocycles. The summed E-state index contributed by atoms with van der Waals surface area (Å²) in [6.45, 7) is 0. The Labute approximate surface area is 157 Å². The van der Waals surface area contributed by atoms with E-state index in [1.54, 1.807) is 6.20 Å². The van der Waals surface area contributed by atoms with Crippen molar-refractivity contribution in [3.8, 4) is 11.5 Å². The number of aromatic nitrogens is 4. The first kappa shape index (κ1) is 14.5. The third-order valence-electron chi connectivity index (χ3n) is 5.43. The Hall–Kier alpha value is -2.67. The fourth-order valence-electron chi connectivity index (χ4n) is 4.15. The predicted octanol–water partition coefficient (Wildman–Crippen LogP) is 4.65. The van der Waals surface area contributed by atoms with E-state index in [0.717, 1.165) is 26.8 Å². The molecule has 4 aromatic rings. The minimum absolute atomic E-state index is 0.265. The van der Waals surface area contributed by atoms with Crippen LogP contribution in [0.1, 0.15) is 29.6 Å². The van der Waals surface area contributed by atoms with Gasteiger partial charge in [-0.25, -0.2) is 4.98 Å². The third-order valence-corrected chi connectivity index (χ3v) is 5.86. The Morgan fingerprint density at radius 1 is 1.23 bits per heavy atom. The molecule has 3 aromatic heterocycles. The van der Waals surface area contributed by atoms with Crippen LogP contribution in [0.3, 0.4) is 0 Å². The number of benzene rings is 1. The average molecular weight is 408 g/mol. The molecule has 0 bridgehead atoms. The summed E-state index contributed by atoms with van der Waals surface area (Å²) in [5.74, 6) is 1.95. The summed E-state index contributed by atoms with van der Waals surface area (Å²) in [6, 6.07) is 8.72. The van der Waals surface area contributed by atoms with E-state index in [4.69, 9.17) is 4.42 Å². The molecule has 0 radical (unpaired) electrons. The molecular formula is C19H14BrN5O. The van der Waals surface area contributed by atoms with Crippen LogP contribution in [0.15, 0.2) is 51.9 Å². The zero-order chi connectivity index (χ0) is 17.3. The summed E-state index contributed by atoms with van der Waals surface area (Å²) < 4.78 is 6.47. The van der Waals surface area contributed by atoms with Gasteiger partial charge in [-0.15, -0.1) is 0 Å². The van der Waals surface area contributed by atoms with Crippen LogP contribution < -0.4 is 5.32 Å². The molecule has 2 aliphatic carbocycles. The maximum atomic E-state index is 5.41. The monoisotopic (exact) mass is 407 g/mol. The normalized spacial score (nSPS) is 23.0. The molecule has 3 unspecified atom stereocenters. The molecule has 1 saturated carbocycles. The smallest absolute Gasteiger partial charge is 0.181 e. The van der Waals surface area contributed by atoms with Crippen LogP contribution in [0, 0.1) is 5.92 Å². The van der Waals surface area contributed by atoms with Crippen molar-refractivity contribution in [1.82, 2.24) is 20.2 Å². The molecule has 26 heavy (non-hydrogen) atoms. The van der Waals surface area contributed by atoms with Gasteiger partial charge < -0.3 is 9.73 Å². The second-order valence-electron chi connectivity index (χ2n) is 6.95. The van der Waals surface area contributed by atoms with Crippen LogP contribution >= 0.6 is 15.9 Å². The highest BCUT2D eigenvalue weighted by Crippen LogP contribution is 2.62. The summed E-state index contributed by atoms with van der Waals surface area (Å²) in [5, 5.41) is 12.1. The number of halogens is 1. The summed E-state index contributed by atoms with van der Waals surface area (Å²) in [5.41, 5.74) is 5.37. The number of rotatable bonds is 3. The summed E-state index contributed by atoms with van der Waals surface area (Å²) in [6.07, 6.45) is 6.23. The summed E-state index contributed by atoms with van der Waals surface area (Å²) >= 11 is 3.54. The van der Waals surface area contributed by atoms with Crippen LogP contribution in [0.5, 0.6) is 0 Å². The molecule has 3 atom stereocenters. The lowest BCUT2D eigenvalue weighted by Crippen LogP contribution is -2.12. The van der Waals surface area contributed by atoms with Gasteiger partial charge in [0.15, 0.2) is 12.2 Å². The van der Waals surface area contributed by atoms with Gasteiger partial charge >= 0.3 is 0 Å². The van der Waals surface area contributed by atoms with Gasteiger partial charge in [0.2, 0.25) is 0 Å². The van der Waals surface area contributed by atoms with Crippen molar-refractivity contribution in [1.29, 1.82) is 0 Å². The van der Waals surface area contributed by atoms with E-state index in [1.807, 2.05) is 12.3 Å². The summed E-state index contributed by atoms with van der Waals surface area (Å²) in [4.78, 5) is 8.67. The van der Waals surface area contributed by atoms with E-state index in [-0.39, 0.29) is 6.04 Å². The Morgan fingerprint density at radius 3 is 3.08 bits per heavy atom. The quantitative estimate of drug-likeness (QED) is 0.516. The number of oxazole rings is 1. The Balaban J connectivity index is 1.38. The van der Waals surface area contributed by atoms with Crippen molar-refractivity contribution in [3.05, 3.63) is 58.8 Å². The molecule has 0 aliphatic heterocycles. The van der Waals surface area contributed by atoms with Crippen LogP contribution in [-0.2, 0) is 0 Å². The van der Waals surface area contributed by atoms with Gasteiger partial charge in [-0.2, -0.15) is 5.10 Å².